The molecule has 1 N–H and O–H groups in total. The molecule has 0 radical (unpaired) electrons. The van der Waals surface area contributed by atoms with Crippen molar-refractivity contribution in [3.8, 4) is 11.8 Å². The molecule has 0 unspecified atom stereocenters. The Morgan fingerprint density at radius 3 is 2.50 bits per heavy atom. The molecule has 0 aliphatic heterocycles. The minimum atomic E-state index is 0.0869. The van der Waals surface area contributed by atoms with E-state index in [4.69, 9.17) is 5.11 Å². The highest BCUT2D eigenvalue weighted by atomic mass is 16.2. The maximum absolute atomic E-state index is 8.52. The van der Waals surface area contributed by atoms with E-state index in [0.717, 1.165) is 5.56 Å². The number of aromatic nitrogens is 2. The lowest BCUT2D eigenvalue weighted by atomic mass is 10.3. The second-order valence-electron chi connectivity index (χ2n) is 2.94. The van der Waals surface area contributed by atoms with Gasteiger partial charge in [-0.2, -0.15) is 0 Å². The van der Waals surface area contributed by atoms with Gasteiger partial charge in [-0.05, 0) is 0 Å². The molecule has 1 aromatic heterocycles. The van der Waals surface area contributed by atoms with Crippen molar-refractivity contribution < 1.29 is 5.11 Å². The van der Waals surface area contributed by atoms with Crippen LogP contribution in [-0.4, -0.2) is 35.8 Å². The van der Waals surface area contributed by atoms with Gasteiger partial charge in [-0.15, -0.1) is 0 Å². The Hall–Kier alpha value is -1.60. The molecule has 0 aromatic carbocycles. The summed E-state index contributed by atoms with van der Waals surface area (Å²) in [6.45, 7) is 0.0869. The van der Waals surface area contributed by atoms with Crippen LogP contribution in [0.1, 0.15) is 12.0 Å². The molecule has 0 bridgehead atoms. The van der Waals surface area contributed by atoms with E-state index in [1.165, 1.54) is 0 Å². The van der Waals surface area contributed by atoms with Crippen LogP contribution in [0.2, 0.25) is 0 Å². The van der Waals surface area contributed by atoms with Crippen LogP contribution in [0.25, 0.3) is 0 Å². The van der Waals surface area contributed by atoms with Gasteiger partial charge in [0.1, 0.15) is 0 Å². The van der Waals surface area contributed by atoms with Crippen molar-refractivity contribution >= 4 is 5.95 Å². The van der Waals surface area contributed by atoms with Crippen molar-refractivity contribution in [1.29, 1.82) is 0 Å². The molecule has 0 atom stereocenters. The third-order valence-corrected chi connectivity index (χ3v) is 1.51. The molecule has 1 rings (SSSR count). The Balaban J connectivity index is 2.70. The van der Waals surface area contributed by atoms with Crippen molar-refractivity contribution in [3.63, 3.8) is 0 Å². The third-order valence-electron chi connectivity index (χ3n) is 1.51. The number of nitrogens with zero attached hydrogens (tertiary/aromatic N) is 3. The first-order valence-electron chi connectivity index (χ1n) is 4.33. The van der Waals surface area contributed by atoms with E-state index >= 15 is 0 Å². The van der Waals surface area contributed by atoms with Crippen molar-refractivity contribution in [3.05, 3.63) is 18.0 Å². The van der Waals surface area contributed by atoms with Crippen LogP contribution < -0.4 is 4.90 Å². The molecule has 14 heavy (non-hydrogen) atoms. The molecule has 0 spiro atoms. The topological polar surface area (TPSA) is 49.2 Å². The first kappa shape index (κ1) is 10.5. The molecule has 4 nitrogen and oxygen atoms in total. The van der Waals surface area contributed by atoms with Crippen LogP contribution in [-0.2, 0) is 0 Å². The molecular formula is C10H13N3O. The van der Waals surface area contributed by atoms with Crippen molar-refractivity contribution in [2.24, 2.45) is 0 Å². The molecule has 1 heterocycles. The largest absolute Gasteiger partial charge is 0.395 e. The molecule has 0 saturated heterocycles. The summed E-state index contributed by atoms with van der Waals surface area (Å²) in [5.41, 5.74) is 0.768. The third kappa shape index (κ3) is 3.04. The lowest BCUT2D eigenvalue weighted by Crippen LogP contribution is -2.12. The zero-order valence-electron chi connectivity index (χ0n) is 8.36. The van der Waals surface area contributed by atoms with Gasteiger partial charge in [0.15, 0.2) is 0 Å². The number of hydrogen-bond acceptors (Lipinski definition) is 4. The molecule has 0 aliphatic rings. The van der Waals surface area contributed by atoms with E-state index in [1.54, 1.807) is 12.4 Å². The lowest BCUT2D eigenvalue weighted by molar-refractivity contribution is 0.305. The molecule has 1 aromatic rings. The summed E-state index contributed by atoms with van der Waals surface area (Å²) in [4.78, 5) is 10.0. The number of aliphatic hydroxyl groups excluding tert-OH is 1. The van der Waals surface area contributed by atoms with Crippen LogP contribution in [0.3, 0.4) is 0 Å². The van der Waals surface area contributed by atoms with Gasteiger partial charge in [0.05, 0.1) is 12.2 Å². The Morgan fingerprint density at radius 2 is 2.00 bits per heavy atom. The Labute approximate surface area is 83.6 Å². The normalized spacial score (nSPS) is 9.07. The molecule has 0 saturated carbocycles. The second kappa shape index (κ2) is 5.20. The van der Waals surface area contributed by atoms with E-state index in [2.05, 4.69) is 21.8 Å². The number of anilines is 1. The molecule has 0 fully saturated rings. The van der Waals surface area contributed by atoms with E-state index in [-0.39, 0.29) is 6.61 Å². The SMILES string of the molecule is CN(C)c1ncc(C#CCCO)cn1. The highest BCUT2D eigenvalue weighted by Crippen LogP contribution is 2.01. The molecule has 0 amide bonds. The summed E-state index contributed by atoms with van der Waals surface area (Å²) >= 11 is 0. The summed E-state index contributed by atoms with van der Waals surface area (Å²) in [5, 5.41) is 8.52. The van der Waals surface area contributed by atoms with Crippen LogP contribution >= 0.6 is 0 Å². The molecule has 4 heteroatoms. The number of rotatable bonds is 2. The minimum Gasteiger partial charge on any atom is -0.395 e. The van der Waals surface area contributed by atoms with Crippen LogP contribution in [0.4, 0.5) is 5.95 Å². The smallest absolute Gasteiger partial charge is 0.224 e. The van der Waals surface area contributed by atoms with Gasteiger partial charge in [-0.3, -0.25) is 0 Å². The van der Waals surface area contributed by atoms with Crippen LogP contribution in [0, 0.1) is 11.8 Å². The zero-order chi connectivity index (χ0) is 10.4. The predicted molar refractivity (Wildman–Crippen MR) is 54.9 cm³/mol. The summed E-state index contributed by atoms with van der Waals surface area (Å²) in [7, 11) is 3.76. The van der Waals surface area contributed by atoms with Gasteiger partial charge in [0.2, 0.25) is 5.95 Å². The Kier molecular flexibility index (Phi) is 3.89. The predicted octanol–water partition coefficient (Wildman–Crippen LogP) is 0.276. The van der Waals surface area contributed by atoms with Crippen molar-refractivity contribution in [2.45, 2.75) is 6.42 Å². The first-order chi connectivity index (χ1) is 6.74. The summed E-state index contributed by atoms with van der Waals surface area (Å²) in [6, 6.07) is 0. The van der Waals surface area contributed by atoms with Gasteiger partial charge >= 0.3 is 0 Å². The highest BCUT2D eigenvalue weighted by Gasteiger charge is 1.96. The van der Waals surface area contributed by atoms with E-state index in [1.807, 2.05) is 19.0 Å². The van der Waals surface area contributed by atoms with Gasteiger partial charge in [0, 0.05) is 32.9 Å². The monoisotopic (exact) mass is 191 g/mol. The Morgan fingerprint density at radius 1 is 1.36 bits per heavy atom. The highest BCUT2D eigenvalue weighted by molar-refractivity contribution is 5.34. The quantitative estimate of drug-likeness (QED) is 0.682. The minimum absolute atomic E-state index is 0.0869. The molecular weight excluding hydrogens is 178 g/mol. The van der Waals surface area contributed by atoms with Gasteiger partial charge in [-0.25, -0.2) is 9.97 Å². The van der Waals surface area contributed by atoms with Gasteiger partial charge < -0.3 is 10.0 Å². The zero-order valence-corrected chi connectivity index (χ0v) is 8.36. The van der Waals surface area contributed by atoms with E-state index in [9.17, 15) is 0 Å². The van der Waals surface area contributed by atoms with Crippen LogP contribution in [0.15, 0.2) is 12.4 Å². The summed E-state index contributed by atoms with van der Waals surface area (Å²) < 4.78 is 0. The van der Waals surface area contributed by atoms with Gasteiger partial charge in [-0.1, -0.05) is 11.8 Å². The number of hydrogen-bond donors (Lipinski definition) is 1. The fourth-order valence-corrected chi connectivity index (χ4v) is 0.837. The Bertz CT molecular complexity index is 335. The molecule has 0 aliphatic carbocycles. The fraction of sp³-hybridized carbons (Fsp3) is 0.400. The lowest BCUT2D eigenvalue weighted by Gasteiger charge is -2.07. The maximum Gasteiger partial charge on any atom is 0.224 e. The van der Waals surface area contributed by atoms with Gasteiger partial charge in [0.25, 0.3) is 0 Å². The van der Waals surface area contributed by atoms with E-state index in [0.29, 0.717) is 12.4 Å². The van der Waals surface area contributed by atoms with E-state index < -0.39 is 0 Å². The summed E-state index contributed by atoms with van der Waals surface area (Å²) in [5.74, 6) is 6.33. The number of aliphatic hydroxyl groups is 1. The average Bonchev–Trinajstić information content (AvgIpc) is 2.19. The maximum atomic E-state index is 8.52. The van der Waals surface area contributed by atoms with Crippen LogP contribution in [0.5, 0.6) is 0 Å². The summed E-state index contributed by atoms with van der Waals surface area (Å²) in [6.07, 6.45) is 3.83. The molecule has 74 valence electrons. The fourth-order valence-electron chi connectivity index (χ4n) is 0.837. The standard InChI is InChI=1S/C10H13N3O/c1-13(2)10-11-7-9(8-12-10)5-3-4-6-14/h7-8,14H,4,6H2,1-2H3. The average molecular weight is 191 g/mol. The second-order valence-corrected chi connectivity index (χ2v) is 2.94. The van der Waals surface area contributed by atoms with Crippen molar-refractivity contribution in [2.75, 3.05) is 25.6 Å². The first-order valence-corrected chi connectivity index (χ1v) is 4.33. The van der Waals surface area contributed by atoms with Crippen molar-refractivity contribution in [1.82, 2.24) is 9.97 Å².